The summed E-state index contributed by atoms with van der Waals surface area (Å²) in [5.41, 5.74) is 2.49. The highest BCUT2D eigenvalue weighted by molar-refractivity contribution is 5.80. The number of amides is 1. The van der Waals surface area contributed by atoms with Crippen LogP contribution >= 0.6 is 0 Å². The molecule has 30 heavy (non-hydrogen) atoms. The standard InChI is InChI=1S/C24H32N4O2/c1-25-24(26-13-11-20-9-6-10-22(15-20)30-2)27-17-21-16-23(29)28(18-21)14-12-19-7-4-3-5-8-19/h3-10,15,21H,11-14,16-18H2,1-2H3,(H2,25,26,27). The molecule has 0 saturated carbocycles. The molecule has 1 saturated heterocycles. The van der Waals surface area contributed by atoms with Gasteiger partial charge in [-0.05, 0) is 36.1 Å². The highest BCUT2D eigenvalue weighted by atomic mass is 16.5. The maximum absolute atomic E-state index is 12.3. The smallest absolute Gasteiger partial charge is 0.223 e. The molecule has 1 atom stereocenters. The van der Waals surface area contributed by atoms with Crippen molar-refractivity contribution in [3.8, 4) is 5.75 Å². The molecule has 3 rings (SSSR count). The summed E-state index contributed by atoms with van der Waals surface area (Å²) in [5, 5.41) is 6.72. The quantitative estimate of drug-likeness (QED) is 0.494. The monoisotopic (exact) mass is 408 g/mol. The van der Waals surface area contributed by atoms with Crippen molar-refractivity contribution in [3.05, 3.63) is 65.7 Å². The van der Waals surface area contributed by atoms with Crippen molar-refractivity contribution in [2.45, 2.75) is 19.3 Å². The average molecular weight is 409 g/mol. The molecule has 1 aliphatic heterocycles. The number of nitrogens with zero attached hydrogens (tertiary/aromatic N) is 2. The number of nitrogens with one attached hydrogen (secondary N) is 2. The molecule has 1 heterocycles. The first kappa shape index (κ1) is 21.7. The summed E-state index contributed by atoms with van der Waals surface area (Å²) in [6, 6.07) is 18.4. The van der Waals surface area contributed by atoms with Gasteiger partial charge in [-0.2, -0.15) is 0 Å². The summed E-state index contributed by atoms with van der Waals surface area (Å²) in [5.74, 6) is 2.20. The van der Waals surface area contributed by atoms with Crippen molar-refractivity contribution >= 4 is 11.9 Å². The van der Waals surface area contributed by atoms with Crippen LogP contribution in [0.2, 0.25) is 0 Å². The first-order valence-electron chi connectivity index (χ1n) is 10.6. The number of hydrogen-bond donors (Lipinski definition) is 2. The van der Waals surface area contributed by atoms with E-state index >= 15 is 0 Å². The van der Waals surface area contributed by atoms with Crippen LogP contribution in [0.1, 0.15) is 17.5 Å². The average Bonchev–Trinajstić information content (AvgIpc) is 3.15. The lowest BCUT2D eigenvalue weighted by Crippen LogP contribution is -2.41. The van der Waals surface area contributed by atoms with Crippen molar-refractivity contribution in [2.75, 3.05) is 40.3 Å². The zero-order valence-electron chi connectivity index (χ0n) is 17.9. The number of ether oxygens (including phenoxy) is 1. The molecule has 6 nitrogen and oxygen atoms in total. The second-order valence-electron chi connectivity index (χ2n) is 7.63. The molecule has 1 aliphatic rings. The second kappa shape index (κ2) is 11.2. The van der Waals surface area contributed by atoms with Crippen LogP contribution < -0.4 is 15.4 Å². The van der Waals surface area contributed by atoms with Crippen LogP contribution in [0.25, 0.3) is 0 Å². The van der Waals surface area contributed by atoms with E-state index in [4.69, 9.17) is 4.74 Å². The minimum Gasteiger partial charge on any atom is -0.497 e. The molecule has 1 amide bonds. The molecule has 0 aliphatic carbocycles. The van der Waals surface area contributed by atoms with Gasteiger partial charge in [0.2, 0.25) is 5.91 Å². The Kier molecular flexibility index (Phi) is 8.12. The summed E-state index contributed by atoms with van der Waals surface area (Å²) >= 11 is 0. The molecule has 1 unspecified atom stereocenters. The Labute approximate surface area is 179 Å². The summed E-state index contributed by atoms with van der Waals surface area (Å²) in [6.45, 7) is 3.11. The maximum atomic E-state index is 12.3. The molecule has 2 aromatic rings. The number of aliphatic imine (C=N–C) groups is 1. The van der Waals surface area contributed by atoms with E-state index in [1.807, 2.05) is 41.3 Å². The predicted molar refractivity (Wildman–Crippen MR) is 121 cm³/mol. The molecule has 2 N–H and O–H groups in total. The summed E-state index contributed by atoms with van der Waals surface area (Å²) in [6.07, 6.45) is 2.38. The van der Waals surface area contributed by atoms with Gasteiger partial charge >= 0.3 is 0 Å². The van der Waals surface area contributed by atoms with Crippen LogP contribution in [0.15, 0.2) is 59.6 Å². The Bertz CT molecular complexity index is 838. The van der Waals surface area contributed by atoms with Gasteiger partial charge in [0.1, 0.15) is 5.75 Å². The fourth-order valence-electron chi connectivity index (χ4n) is 3.73. The highest BCUT2D eigenvalue weighted by Crippen LogP contribution is 2.17. The van der Waals surface area contributed by atoms with E-state index in [0.29, 0.717) is 12.3 Å². The molecule has 0 bridgehead atoms. The van der Waals surface area contributed by atoms with Crippen molar-refractivity contribution in [3.63, 3.8) is 0 Å². The number of guanidine groups is 1. The number of carbonyl (C=O) groups is 1. The van der Waals surface area contributed by atoms with Crippen molar-refractivity contribution in [1.82, 2.24) is 15.5 Å². The van der Waals surface area contributed by atoms with E-state index in [-0.39, 0.29) is 5.91 Å². The number of rotatable bonds is 9. The molecular weight excluding hydrogens is 376 g/mol. The first-order chi connectivity index (χ1) is 14.7. The molecule has 0 radical (unpaired) electrons. The van der Waals surface area contributed by atoms with E-state index < -0.39 is 0 Å². The summed E-state index contributed by atoms with van der Waals surface area (Å²) < 4.78 is 5.27. The van der Waals surface area contributed by atoms with Crippen LogP contribution in [0, 0.1) is 5.92 Å². The van der Waals surface area contributed by atoms with Gasteiger partial charge in [0.25, 0.3) is 0 Å². The number of methoxy groups -OCH3 is 1. The Balaban J connectivity index is 1.37. The zero-order valence-corrected chi connectivity index (χ0v) is 17.9. The first-order valence-corrected chi connectivity index (χ1v) is 10.6. The van der Waals surface area contributed by atoms with E-state index in [0.717, 1.165) is 50.7 Å². The van der Waals surface area contributed by atoms with Crippen molar-refractivity contribution in [1.29, 1.82) is 0 Å². The lowest BCUT2D eigenvalue weighted by atomic mass is 10.1. The predicted octanol–water partition coefficient (Wildman–Crippen LogP) is 2.49. The lowest BCUT2D eigenvalue weighted by Gasteiger charge is -2.18. The largest absolute Gasteiger partial charge is 0.497 e. The number of benzene rings is 2. The molecular formula is C24H32N4O2. The second-order valence-corrected chi connectivity index (χ2v) is 7.63. The summed E-state index contributed by atoms with van der Waals surface area (Å²) in [4.78, 5) is 18.6. The van der Waals surface area contributed by atoms with Crippen LogP contribution in [0.5, 0.6) is 5.75 Å². The fourth-order valence-corrected chi connectivity index (χ4v) is 3.73. The third kappa shape index (κ3) is 6.51. The molecule has 6 heteroatoms. The van der Waals surface area contributed by atoms with Gasteiger partial charge in [-0.1, -0.05) is 42.5 Å². The normalized spacial score (nSPS) is 16.6. The summed E-state index contributed by atoms with van der Waals surface area (Å²) in [7, 11) is 3.45. The molecule has 0 spiro atoms. The van der Waals surface area contributed by atoms with Gasteiger partial charge in [0, 0.05) is 45.6 Å². The fraction of sp³-hybridized carbons (Fsp3) is 0.417. The number of carbonyl (C=O) groups excluding carboxylic acids is 1. The van der Waals surface area contributed by atoms with Crippen LogP contribution in [0.3, 0.4) is 0 Å². The van der Waals surface area contributed by atoms with Gasteiger partial charge in [0.15, 0.2) is 5.96 Å². The van der Waals surface area contributed by atoms with Gasteiger partial charge in [-0.25, -0.2) is 0 Å². The van der Waals surface area contributed by atoms with E-state index in [1.165, 1.54) is 11.1 Å². The van der Waals surface area contributed by atoms with Crippen LogP contribution in [0.4, 0.5) is 0 Å². The molecule has 1 fully saturated rings. The third-order valence-electron chi connectivity index (χ3n) is 5.43. The zero-order chi connectivity index (χ0) is 21.2. The Morgan fingerprint density at radius 2 is 1.90 bits per heavy atom. The van der Waals surface area contributed by atoms with E-state index in [1.54, 1.807) is 14.2 Å². The van der Waals surface area contributed by atoms with Gasteiger partial charge in [-0.3, -0.25) is 9.79 Å². The number of hydrogen-bond acceptors (Lipinski definition) is 3. The van der Waals surface area contributed by atoms with Crippen LogP contribution in [-0.2, 0) is 17.6 Å². The number of likely N-dealkylation sites (tertiary alicyclic amines) is 1. The van der Waals surface area contributed by atoms with Crippen molar-refractivity contribution in [2.24, 2.45) is 10.9 Å². The van der Waals surface area contributed by atoms with E-state index in [2.05, 4.69) is 33.8 Å². The molecule has 0 aromatic heterocycles. The SMILES string of the molecule is CN=C(NCCc1cccc(OC)c1)NCC1CC(=O)N(CCc2ccccc2)C1. The highest BCUT2D eigenvalue weighted by Gasteiger charge is 2.29. The Morgan fingerprint density at radius 1 is 1.10 bits per heavy atom. The van der Waals surface area contributed by atoms with Gasteiger partial charge in [0.05, 0.1) is 7.11 Å². The Hall–Kier alpha value is -3.02. The topological polar surface area (TPSA) is 66.0 Å². The Morgan fingerprint density at radius 3 is 2.67 bits per heavy atom. The van der Waals surface area contributed by atoms with Gasteiger partial charge in [-0.15, -0.1) is 0 Å². The van der Waals surface area contributed by atoms with Crippen molar-refractivity contribution < 1.29 is 9.53 Å². The minimum atomic E-state index is 0.249. The molecule has 160 valence electrons. The lowest BCUT2D eigenvalue weighted by molar-refractivity contribution is -0.127. The maximum Gasteiger partial charge on any atom is 0.223 e. The van der Waals surface area contributed by atoms with Gasteiger partial charge < -0.3 is 20.3 Å². The molecule has 2 aromatic carbocycles. The minimum absolute atomic E-state index is 0.249. The van der Waals surface area contributed by atoms with E-state index in [9.17, 15) is 4.79 Å². The van der Waals surface area contributed by atoms with Crippen LogP contribution in [-0.4, -0.2) is 57.1 Å². The third-order valence-corrected chi connectivity index (χ3v) is 5.43.